The van der Waals surface area contributed by atoms with E-state index in [1.165, 1.54) is 0 Å². The fourth-order valence-electron chi connectivity index (χ4n) is 2.99. The summed E-state index contributed by atoms with van der Waals surface area (Å²) in [5, 5.41) is 12.9. The first-order valence-corrected chi connectivity index (χ1v) is 7.10. The van der Waals surface area contributed by atoms with Gasteiger partial charge in [-0.25, -0.2) is 0 Å². The number of aliphatic carboxylic acids is 1. The van der Waals surface area contributed by atoms with Crippen LogP contribution < -0.4 is 5.32 Å². The van der Waals surface area contributed by atoms with E-state index >= 15 is 0 Å². The molecule has 1 aliphatic rings. The van der Waals surface area contributed by atoms with Crippen molar-refractivity contribution in [3.8, 4) is 0 Å². The van der Waals surface area contributed by atoms with E-state index in [0.717, 1.165) is 19.3 Å². The third kappa shape index (κ3) is 4.44. The van der Waals surface area contributed by atoms with E-state index in [2.05, 4.69) is 5.32 Å². The van der Waals surface area contributed by atoms with E-state index in [1.807, 2.05) is 13.8 Å². The molecule has 5 nitrogen and oxygen atoms in total. The first-order valence-electron chi connectivity index (χ1n) is 7.10. The van der Waals surface area contributed by atoms with Gasteiger partial charge in [-0.05, 0) is 39.0 Å². The van der Waals surface area contributed by atoms with Gasteiger partial charge in [0.2, 0.25) is 0 Å². The SMILES string of the molecule is COCCOCCC1CCCC1(NC(C)C)C(=O)O. The second-order valence-corrected chi connectivity index (χ2v) is 5.56. The molecule has 1 fully saturated rings. The predicted molar refractivity (Wildman–Crippen MR) is 73.3 cm³/mol. The number of methoxy groups -OCH3 is 1. The average molecular weight is 273 g/mol. The Balaban J connectivity index is 2.51. The maximum absolute atomic E-state index is 11.7. The highest BCUT2D eigenvalue weighted by Crippen LogP contribution is 2.38. The van der Waals surface area contributed by atoms with Crippen LogP contribution in [0, 0.1) is 5.92 Å². The van der Waals surface area contributed by atoms with Gasteiger partial charge in [-0.3, -0.25) is 10.1 Å². The zero-order valence-corrected chi connectivity index (χ0v) is 12.3. The highest BCUT2D eigenvalue weighted by molar-refractivity contribution is 5.79. The average Bonchev–Trinajstić information content (AvgIpc) is 2.72. The molecule has 19 heavy (non-hydrogen) atoms. The molecular weight excluding hydrogens is 246 g/mol. The lowest BCUT2D eigenvalue weighted by Crippen LogP contribution is -2.57. The highest BCUT2D eigenvalue weighted by atomic mass is 16.5. The summed E-state index contributed by atoms with van der Waals surface area (Å²) in [5.41, 5.74) is -0.765. The van der Waals surface area contributed by atoms with E-state index in [1.54, 1.807) is 7.11 Å². The van der Waals surface area contributed by atoms with Crippen LogP contribution >= 0.6 is 0 Å². The summed E-state index contributed by atoms with van der Waals surface area (Å²) < 4.78 is 10.4. The number of hydrogen-bond acceptors (Lipinski definition) is 4. The van der Waals surface area contributed by atoms with Gasteiger partial charge < -0.3 is 14.6 Å². The molecule has 1 aliphatic carbocycles. The lowest BCUT2D eigenvalue weighted by Gasteiger charge is -2.34. The van der Waals surface area contributed by atoms with Gasteiger partial charge in [-0.1, -0.05) is 6.42 Å². The van der Waals surface area contributed by atoms with Crippen molar-refractivity contribution in [1.29, 1.82) is 0 Å². The molecule has 0 aromatic heterocycles. The van der Waals surface area contributed by atoms with Gasteiger partial charge >= 0.3 is 5.97 Å². The lowest BCUT2D eigenvalue weighted by atomic mass is 9.84. The van der Waals surface area contributed by atoms with Crippen LogP contribution in [0.25, 0.3) is 0 Å². The number of rotatable bonds is 9. The summed E-state index contributed by atoms with van der Waals surface area (Å²) in [6.45, 7) is 5.74. The summed E-state index contributed by atoms with van der Waals surface area (Å²) in [5.74, 6) is -0.574. The standard InChI is InChI=1S/C14H27NO4/c1-11(2)15-14(13(16)17)7-4-5-12(14)6-8-19-10-9-18-3/h11-12,15H,4-10H2,1-3H3,(H,16,17). The Kier molecular flexibility index (Phi) is 6.75. The molecular formula is C14H27NO4. The monoisotopic (exact) mass is 273 g/mol. The Morgan fingerprint density at radius 1 is 1.42 bits per heavy atom. The smallest absolute Gasteiger partial charge is 0.324 e. The van der Waals surface area contributed by atoms with Gasteiger partial charge in [-0.15, -0.1) is 0 Å². The second-order valence-electron chi connectivity index (χ2n) is 5.56. The largest absolute Gasteiger partial charge is 0.480 e. The molecule has 0 saturated heterocycles. The van der Waals surface area contributed by atoms with Crippen LogP contribution in [-0.2, 0) is 14.3 Å². The topological polar surface area (TPSA) is 67.8 Å². The van der Waals surface area contributed by atoms with E-state index < -0.39 is 11.5 Å². The van der Waals surface area contributed by atoms with Crippen LogP contribution in [0.2, 0.25) is 0 Å². The summed E-state index contributed by atoms with van der Waals surface area (Å²) in [6, 6.07) is 0.172. The molecule has 0 bridgehead atoms. The van der Waals surface area contributed by atoms with Crippen molar-refractivity contribution in [2.45, 2.75) is 51.1 Å². The van der Waals surface area contributed by atoms with Crippen molar-refractivity contribution in [2.24, 2.45) is 5.92 Å². The van der Waals surface area contributed by atoms with Gasteiger partial charge in [-0.2, -0.15) is 0 Å². The van der Waals surface area contributed by atoms with Gasteiger partial charge in [0.15, 0.2) is 0 Å². The van der Waals surface area contributed by atoms with Crippen LogP contribution in [-0.4, -0.2) is 49.6 Å². The minimum Gasteiger partial charge on any atom is -0.480 e. The van der Waals surface area contributed by atoms with Crippen LogP contribution in [0.5, 0.6) is 0 Å². The van der Waals surface area contributed by atoms with Crippen LogP contribution in [0.15, 0.2) is 0 Å². The van der Waals surface area contributed by atoms with Crippen molar-refractivity contribution in [3.63, 3.8) is 0 Å². The van der Waals surface area contributed by atoms with Gasteiger partial charge in [0, 0.05) is 19.8 Å². The number of carboxylic acid groups (broad SMARTS) is 1. The Bertz CT molecular complexity index is 283. The van der Waals surface area contributed by atoms with Crippen LogP contribution in [0.3, 0.4) is 0 Å². The summed E-state index contributed by atoms with van der Waals surface area (Å²) >= 11 is 0. The van der Waals surface area contributed by atoms with Crippen LogP contribution in [0.4, 0.5) is 0 Å². The minimum atomic E-state index is -0.765. The molecule has 0 aromatic rings. The second kappa shape index (κ2) is 7.82. The zero-order chi connectivity index (χ0) is 14.3. The third-order valence-corrected chi connectivity index (χ3v) is 3.79. The van der Waals surface area contributed by atoms with E-state index in [4.69, 9.17) is 9.47 Å². The Hall–Kier alpha value is -0.650. The molecule has 2 atom stereocenters. The number of carbonyl (C=O) groups is 1. The molecule has 1 saturated carbocycles. The van der Waals surface area contributed by atoms with Gasteiger partial charge in [0.05, 0.1) is 13.2 Å². The Morgan fingerprint density at radius 2 is 2.16 bits per heavy atom. The van der Waals surface area contributed by atoms with E-state index in [9.17, 15) is 9.90 Å². The molecule has 1 rings (SSSR count). The Morgan fingerprint density at radius 3 is 2.74 bits per heavy atom. The molecule has 0 spiro atoms. The molecule has 2 N–H and O–H groups in total. The summed E-state index contributed by atoms with van der Waals surface area (Å²) in [4.78, 5) is 11.7. The number of nitrogens with one attached hydrogen (secondary N) is 1. The minimum absolute atomic E-state index is 0.148. The highest BCUT2D eigenvalue weighted by Gasteiger charge is 2.48. The molecule has 0 heterocycles. The van der Waals surface area contributed by atoms with Crippen molar-refractivity contribution in [2.75, 3.05) is 26.9 Å². The maximum atomic E-state index is 11.7. The van der Waals surface area contributed by atoms with Crippen LogP contribution in [0.1, 0.15) is 39.5 Å². The molecule has 5 heteroatoms. The number of carboxylic acids is 1. The molecule has 0 amide bonds. The van der Waals surface area contributed by atoms with Crippen molar-refractivity contribution in [1.82, 2.24) is 5.32 Å². The quantitative estimate of drug-likeness (QED) is 0.625. The zero-order valence-electron chi connectivity index (χ0n) is 12.3. The van der Waals surface area contributed by atoms with Crippen molar-refractivity contribution in [3.05, 3.63) is 0 Å². The fraction of sp³-hybridized carbons (Fsp3) is 0.929. The van der Waals surface area contributed by atoms with Crippen molar-refractivity contribution >= 4 is 5.97 Å². The first-order chi connectivity index (χ1) is 9.03. The Labute approximate surface area is 115 Å². The normalized spacial score (nSPS) is 27.1. The number of ether oxygens (including phenoxy) is 2. The molecule has 2 unspecified atom stereocenters. The lowest BCUT2D eigenvalue weighted by molar-refractivity contribution is -0.147. The fourth-order valence-corrected chi connectivity index (χ4v) is 2.99. The van der Waals surface area contributed by atoms with E-state index in [0.29, 0.717) is 26.2 Å². The van der Waals surface area contributed by atoms with E-state index in [-0.39, 0.29) is 12.0 Å². The number of hydrogen-bond donors (Lipinski definition) is 2. The van der Waals surface area contributed by atoms with Gasteiger partial charge in [0.1, 0.15) is 5.54 Å². The molecule has 0 aliphatic heterocycles. The molecule has 0 aromatic carbocycles. The summed E-state index contributed by atoms with van der Waals surface area (Å²) in [6.07, 6.45) is 3.42. The predicted octanol–water partition coefficient (Wildman–Crippen LogP) is 1.66. The molecule has 0 radical (unpaired) electrons. The first kappa shape index (κ1) is 16.4. The maximum Gasteiger partial charge on any atom is 0.324 e. The molecule has 112 valence electrons. The van der Waals surface area contributed by atoms with Gasteiger partial charge in [0.25, 0.3) is 0 Å². The summed E-state index contributed by atoms with van der Waals surface area (Å²) in [7, 11) is 1.64. The third-order valence-electron chi connectivity index (χ3n) is 3.79. The van der Waals surface area contributed by atoms with Crippen molar-refractivity contribution < 1.29 is 19.4 Å².